The lowest BCUT2D eigenvalue weighted by Gasteiger charge is -2.09. The van der Waals surface area contributed by atoms with E-state index in [4.69, 9.17) is 5.11 Å². The Morgan fingerprint density at radius 1 is 1.24 bits per heavy atom. The zero-order valence-electron chi connectivity index (χ0n) is 11.8. The fourth-order valence-electron chi connectivity index (χ4n) is 1.66. The lowest BCUT2D eigenvalue weighted by molar-refractivity contribution is -0.147. The summed E-state index contributed by atoms with van der Waals surface area (Å²) in [7, 11) is 0. The van der Waals surface area contributed by atoms with Crippen molar-refractivity contribution in [2.75, 3.05) is 0 Å². The molecule has 21 heavy (non-hydrogen) atoms. The molecule has 5 heteroatoms. The fraction of sp³-hybridized carbons (Fsp3) is 0.312. The van der Waals surface area contributed by atoms with Gasteiger partial charge in [0, 0.05) is 11.5 Å². The maximum absolute atomic E-state index is 11.7. The van der Waals surface area contributed by atoms with Gasteiger partial charge in [-0.1, -0.05) is 43.9 Å². The third kappa shape index (κ3) is 5.91. The molecule has 1 atom stereocenters. The average Bonchev–Trinajstić information content (AvgIpc) is 2.46. The largest absolute Gasteiger partial charge is 0.481 e. The van der Waals surface area contributed by atoms with Crippen LogP contribution >= 0.6 is 0 Å². The molecule has 1 rings (SSSR count). The van der Waals surface area contributed by atoms with Crippen LogP contribution in [0.15, 0.2) is 30.3 Å². The van der Waals surface area contributed by atoms with Gasteiger partial charge in [-0.2, -0.15) is 0 Å². The number of hydrogen-bond acceptors (Lipinski definition) is 3. The highest BCUT2D eigenvalue weighted by Gasteiger charge is 2.26. The molecule has 110 valence electrons. The summed E-state index contributed by atoms with van der Waals surface area (Å²) in [5.74, 6) is 0.802. The first-order valence-corrected chi connectivity index (χ1v) is 6.69. The van der Waals surface area contributed by atoms with Crippen molar-refractivity contribution in [3.8, 4) is 11.8 Å². The van der Waals surface area contributed by atoms with Crippen LogP contribution in [0.5, 0.6) is 0 Å². The van der Waals surface area contributed by atoms with Gasteiger partial charge in [-0.05, 0) is 18.6 Å². The Kier molecular flexibility index (Phi) is 6.69. The van der Waals surface area contributed by atoms with Crippen LogP contribution in [0.4, 0.5) is 0 Å². The molecule has 0 saturated carbocycles. The smallest absolute Gasteiger partial charge is 0.316 e. The number of carboxylic acid groups (broad SMARTS) is 1. The van der Waals surface area contributed by atoms with Gasteiger partial charge in [0.05, 0.1) is 0 Å². The molecule has 1 aromatic carbocycles. The minimum Gasteiger partial charge on any atom is -0.481 e. The summed E-state index contributed by atoms with van der Waals surface area (Å²) in [4.78, 5) is 34.3. The predicted molar refractivity (Wildman–Crippen MR) is 77.1 cm³/mol. The summed E-state index contributed by atoms with van der Waals surface area (Å²) in [6, 6.07) is 8.82. The molecule has 2 N–H and O–H groups in total. The van der Waals surface area contributed by atoms with Gasteiger partial charge in [0.2, 0.25) is 5.91 Å². The lowest BCUT2D eigenvalue weighted by atomic mass is 10.0. The van der Waals surface area contributed by atoms with E-state index in [-0.39, 0.29) is 6.42 Å². The van der Waals surface area contributed by atoms with E-state index in [1.54, 1.807) is 24.3 Å². The molecule has 1 aromatic rings. The van der Waals surface area contributed by atoms with E-state index >= 15 is 0 Å². The SMILES string of the molecule is CCCCC(C(=O)O)C(=O)NC(=O)C#Cc1ccccc1. The van der Waals surface area contributed by atoms with E-state index < -0.39 is 23.7 Å². The van der Waals surface area contributed by atoms with Crippen molar-refractivity contribution < 1.29 is 19.5 Å². The van der Waals surface area contributed by atoms with Crippen LogP contribution in [0.3, 0.4) is 0 Å². The molecule has 0 aliphatic heterocycles. The fourth-order valence-corrected chi connectivity index (χ4v) is 1.66. The molecule has 0 bridgehead atoms. The minimum absolute atomic E-state index is 0.205. The highest BCUT2D eigenvalue weighted by molar-refractivity contribution is 6.09. The van der Waals surface area contributed by atoms with E-state index in [0.29, 0.717) is 12.0 Å². The number of benzene rings is 1. The minimum atomic E-state index is -1.23. The molecule has 0 aromatic heterocycles. The molecular weight excluding hydrogens is 270 g/mol. The topological polar surface area (TPSA) is 83.5 Å². The van der Waals surface area contributed by atoms with Crippen LogP contribution in [0.2, 0.25) is 0 Å². The summed E-state index contributed by atoms with van der Waals surface area (Å²) < 4.78 is 0. The van der Waals surface area contributed by atoms with Gasteiger partial charge in [-0.15, -0.1) is 0 Å². The van der Waals surface area contributed by atoms with Crippen LogP contribution in [0.1, 0.15) is 31.7 Å². The van der Waals surface area contributed by atoms with Crippen molar-refractivity contribution in [3.63, 3.8) is 0 Å². The molecule has 0 heterocycles. The van der Waals surface area contributed by atoms with Crippen molar-refractivity contribution in [1.82, 2.24) is 5.32 Å². The second-order valence-corrected chi connectivity index (χ2v) is 4.47. The zero-order chi connectivity index (χ0) is 15.7. The third-order valence-corrected chi connectivity index (χ3v) is 2.79. The molecule has 0 aliphatic carbocycles. The zero-order valence-corrected chi connectivity index (χ0v) is 11.8. The van der Waals surface area contributed by atoms with Gasteiger partial charge in [0.1, 0.15) is 5.92 Å². The van der Waals surface area contributed by atoms with E-state index in [2.05, 4.69) is 11.8 Å². The van der Waals surface area contributed by atoms with Crippen LogP contribution in [-0.4, -0.2) is 22.9 Å². The first-order valence-electron chi connectivity index (χ1n) is 6.69. The lowest BCUT2D eigenvalue weighted by Crippen LogP contribution is -2.38. The Morgan fingerprint density at radius 2 is 1.90 bits per heavy atom. The van der Waals surface area contributed by atoms with Gasteiger partial charge in [0.15, 0.2) is 0 Å². The van der Waals surface area contributed by atoms with Gasteiger partial charge >= 0.3 is 11.9 Å². The average molecular weight is 287 g/mol. The number of aliphatic carboxylic acids is 1. The number of imide groups is 1. The second kappa shape index (κ2) is 8.54. The molecule has 1 unspecified atom stereocenters. The molecule has 0 radical (unpaired) electrons. The Labute approximate surface area is 123 Å². The number of carbonyl (C=O) groups excluding carboxylic acids is 2. The van der Waals surface area contributed by atoms with Crippen LogP contribution in [0, 0.1) is 17.8 Å². The number of carbonyl (C=O) groups is 3. The van der Waals surface area contributed by atoms with Gasteiger partial charge in [0.25, 0.3) is 0 Å². The number of hydrogen-bond donors (Lipinski definition) is 2. The first kappa shape index (κ1) is 16.4. The van der Waals surface area contributed by atoms with Gasteiger partial charge in [-0.25, -0.2) is 0 Å². The molecule has 0 spiro atoms. The number of unbranched alkanes of at least 4 members (excludes halogenated alkanes) is 1. The number of rotatable bonds is 5. The highest BCUT2D eigenvalue weighted by Crippen LogP contribution is 2.09. The van der Waals surface area contributed by atoms with E-state index in [1.165, 1.54) is 0 Å². The summed E-state index contributed by atoms with van der Waals surface area (Å²) in [6.07, 6.45) is 1.59. The van der Waals surface area contributed by atoms with Gasteiger partial charge < -0.3 is 5.11 Å². The summed E-state index contributed by atoms with van der Waals surface area (Å²) >= 11 is 0. The van der Waals surface area contributed by atoms with Crippen LogP contribution in [0.25, 0.3) is 0 Å². The Bertz CT molecular complexity index is 569. The monoisotopic (exact) mass is 287 g/mol. The van der Waals surface area contributed by atoms with Gasteiger partial charge in [-0.3, -0.25) is 19.7 Å². The van der Waals surface area contributed by atoms with Crippen molar-refractivity contribution in [2.24, 2.45) is 5.92 Å². The maximum Gasteiger partial charge on any atom is 0.316 e. The summed E-state index contributed by atoms with van der Waals surface area (Å²) in [6.45, 7) is 1.90. The van der Waals surface area contributed by atoms with Crippen molar-refractivity contribution in [1.29, 1.82) is 0 Å². The van der Waals surface area contributed by atoms with Crippen molar-refractivity contribution in [2.45, 2.75) is 26.2 Å². The maximum atomic E-state index is 11.7. The standard InChI is InChI=1S/C16H17NO4/c1-2-3-9-13(16(20)21)15(19)17-14(18)11-10-12-7-5-4-6-8-12/h4-8,13H,2-3,9H2,1H3,(H,20,21)(H,17,18,19). The molecule has 0 saturated heterocycles. The molecule has 5 nitrogen and oxygen atoms in total. The highest BCUT2D eigenvalue weighted by atomic mass is 16.4. The van der Waals surface area contributed by atoms with E-state index in [1.807, 2.05) is 18.3 Å². The Morgan fingerprint density at radius 3 is 2.48 bits per heavy atom. The second-order valence-electron chi connectivity index (χ2n) is 4.47. The first-order chi connectivity index (χ1) is 10.0. The van der Waals surface area contributed by atoms with Crippen LogP contribution in [-0.2, 0) is 14.4 Å². The van der Waals surface area contributed by atoms with E-state index in [9.17, 15) is 14.4 Å². The number of nitrogens with one attached hydrogen (secondary N) is 1. The van der Waals surface area contributed by atoms with Crippen molar-refractivity contribution in [3.05, 3.63) is 35.9 Å². The van der Waals surface area contributed by atoms with Crippen LogP contribution < -0.4 is 5.32 Å². The summed E-state index contributed by atoms with van der Waals surface area (Å²) in [5, 5.41) is 11.0. The number of carboxylic acids is 1. The van der Waals surface area contributed by atoms with E-state index in [0.717, 1.165) is 6.42 Å². The Balaban J connectivity index is 2.62. The quantitative estimate of drug-likeness (QED) is 0.636. The number of amides is 2. The van der Waals surface area contributed by atoms with Crippen molar-refractivity contribution >= 4 is 17.8 Å². The molecule has 0 fully saturated rings. The summed E-state index contributed by atoms with van der Waals surface area (Å²) in [5.41, 5.74) is 0.640. The molecule has 2 amide bonds. The third-order valence-electron chi connectivity index (χ3n) is 2.79. The Hall–Kier alpha value is -2.61. The predicted octanol–water partition coefficient (Wildman–Crippen LogP) is 1.57. The molecule has 0 aliphatic rings. The molecular formula is C16H17NO4. The normalized spacial score (nSPS) is 10.9.